The summed E-state index contributed by atoms with van der Waals surface area (Å²) in [5.41, 5.74) is -4.64. The van der Waals surface area contributed by atoms with Gasteiger partial charge in [-0.3, -0.25) is 4.79 Å². The van der Waals surface area contributed by atoms with Crippen LogP contribution in [-0.2, 0) is 47.5 Å². The highest BCUT2D eigenvalue weighted by atomic mass is 16.7. The number of aliphatic hydroxyl groups excluding tert-OH is 2. The number of cyclic esters (lactones) is 1. The first kappa shape index (κ1) is 51.1. The maximum atomic E-state index is 14.4. The number of hydrogen-bond acceptors (Lipinski definition) is 16. The van der Waals surface area contributed by atoms with Crippen LogP contribution in [-0.4, -0.2) is 178 Å². The first-order chi connectivity index (χ1) is 27.2. The third-order valence-corrected chi connectivity index (χ3v) is 12.8. The minimum Gasteiger partial charge on any atom is -0.478 e. The molecule has 59 heavy (non-hydrogen) atoms. The second kappa shape index (κ2) is 20.7. The van der Waals surface area contributed by atoms with Crippen LogP contribution in [0, 0.1) is 17.8 Å². The third-order valence-electron chi connectivity index (χ3n) is 12.8. The molecule has 342 valence electrons. The summed E-state index contributed by atoms with van der Waals surface area (Å²) in [6.45, 7) is 17.5. The van der Waals surface area contributed by atoms with Gasteiger partial charge in [0.25, 0.3) is 0 Å². The van der Waals surface area contributed by atoms with E-state index in [1.165, 1.54) is 14.0 Å². The fourth-order valence-electron chi connectivity index (χ4n) is 9.16. The zero-order chi connectivity index (χ0) is 44.9. The lowest BCUT2D eigenvalue weighted by Gasteiger charge is -2.49. The molecule has 17 nitrogen and oxygen atoms in total. The van der Waals surface area contributed by atoms with E-state index in [1.807, 2.05) is 23.6 Å². The molecular weight excluding hydrogens is 772 g/mol. The lowest BCUT2D eigenvalue weighted by atomic mass is 9.77. The Bertz CT molecular complexity index is 1430. The molecule has 3 rings (SSSR count). The summed E-state index contributed by atoms with van der Waals surface area (Å²) in [6, 6.07) is -1.06. The summed E-state index contributed by atoms with van der Waals surface area (Å²) < 4.78 is 43.8. The largest absolute Gasteiger partial charge is 0.478 e. The number of ether oxygens (including phenoxy) is 7. The fourth-order valence-corrected chi connectivity index (χ4v) is 9.16. The highest BCUT2D eigenvalue weighted by molar-refractivity contribution is 5.90. The van der Waals surface area contributed by atoms with Crippen LogP contribution < -0.4 is 0 Å². The van der Waals surface area contributed by atoms with E-state index >= 15 is 0 Å². The van der Waals surface area contributed by atoms with Crippen LogP contribution in [0.4, 0.5) is 0 Å². The van der Waals surface area contributed by atoms with E-state index in [4.69, 9.17) is 38.3 Å². The Kier molecular flexibility index (Phi) is 17.9. The molecule has 5 N–H and O–H groups in total. The minimum absolute atomic E-state index is 0.0668. The van der Waals surface area contributed by atoms with Crippen molar-refractivity contribution in [3.8, 4) is 0 Å². The molecule has 3 fully saturated rings. The quantitative estimate of drug-likeness (QED) is 0.157. The van der Waals surface area contributed by atoms with Gasteiger partial charge in [0.2, 0.25) is 0 Å². The molecule has 0 bridgehead atoms. The average Bonchev–Trinajstić information content (AvgIpc) is 3.14. The normalized spacial score (nSPS) is 45.1. The lowest BCUT2D eigenvalue weighted by Crippen LogP contribution is -2.61. The van der Waals surface area contributed by atoms with Crippen LogP contribution in [0.25, 0.3) is 0 Å². The van der Waals surface area contributed by atoms with Crippen LogP contribution in [0.3, 0.4) is 0 Å². The summed E-state index contributed by atoms with van der Waals surface area (Å²) >= 11 is 0. The molecule has 0 radical (unpaired) electrons. The Morgan fingerprint density at radius 2 is 1.58 bits per heavy atom. The maximum absolute atomic E-state index is 14.4. The number of carboxylic acids is 1. The van der Waals surface area contributed by atoms with Crippen LogP contribution >= 0.6 is 0 Å². The Balaban J connectivity index is 2.25. The van der Waals surface area contributed by atoms with Gasteiger partial charge >= 0.3 is 17.9 Å². The van der Waals surface area contributed by atoms with E-state index in [0.717, 1.165) is 6.08 Å². The van der Waals surface area contributed by atoms with Crippen molar-refractivity contribution in [1.29, 1.82) is 0 Å². The number of methoxy groups -OCH3 is 1. The predicted octanol–water partition coefficient (Wildman–Crippen LogP) is 2.09. The van der Waals surface area contributed by atoms with Gasteiger partial charge in [0.05, 0.1) is 47.6 Å². The molecule has 3 aliphatic rings. The monoisotopic (exact) mass is 847 g/mol. The number of esters is 2. The molecule has 3 heterocycles. The molecular formula is C42H74N2O15. The van der Waals surface area contributed by atoms with Crippen molar-refractivity contribution in [2.45, 2.75) is 185 Å². The number of likely N-dealkylation sites (N-methyl/N-ethyl adjacent to an activating group) is 2. The topological polar surface area (TPSA) is 223 Å². The number of carbonyl (C=O) groups excluding carboxylic acids is 2. The lowest BCUT2D eigenvalue weighted by molar-refractivity contribution is -0.318. The molecule has 17 heteroatoms. The van der Waals surface area contributed by atoms with Crippen molar-refractivity contribution >= 4 is 17.9 Å². The number of nitrogens with zero attached hydrogens (tertiary/aromatic N) is 2. The van der Waals surface area contributed by atoms with E-state index in [1.54, 1.807) is 69.6 Å². The molecule has 0 spiro atoms. The highest BCUT2D eigenvalue weighted by Crippen LogP contribution is 2.40. The van der Waals surface area contributed by atoms with E-state index in [-0.39, 0.29) is 25.2 Å². The summed E-state index contributed by atoms with van der Waals surface area (Å²) in [6.07, 6.45) is -8.08. The molecule has 18 atom stereocenters. The van der Waals surface area contributed by atoms with Gasteiger partial charge in [0.1, 0.15) is 23.9 Å². The van der Waals surface area contributed by atoms with Crippen molar-refractivity contribution in [3.63, 3.8) is 0 Å². The molecule has 3 aliphatic heterocycles. The van der Waals surface area contributed by atoms with E-state index < -0.39 is 120 Å². The van der Waals surface area contributed by atoms with Crippen LogP contribution in [0.2, 0.25) is 0 Å². The van der Waals surface area contributed by atoms with Crippen LogP contribution in [0.5, 0.6) is 0 Å². The number of carbonyl (C=O) groups is 3. The predicted molar refractivity (Wildman–Crippen MR) is 215 cm³/mol. The van der Waals surface area contributed by atoms with Crippen molar-refractivity contribution < 1.29 is 73.1 Å². The highest BCUT2D eigenvalue weighted by Gasteiger charge is 2.53. The van der Waals surface area contributed by atoms with Gasteiger partial charge in [-0.25, -0.2) is 9.59 Å². The Labute approximate surface area is 350 Å². The summed E-state index contributed by atoms with van der Waals surface area (Å²) in [7, 11) is 6.89. The molecule has 0 amide bonds. The molecule has 0 saturated carbocycles. The van der Waals surface area contributed by atoms with Crippen molar-refractivity contribution in [2.75, 3.05) is 34.8 Å². The molecule has 0 aliphatic carbocycles. The minimum atomic E-state index is -1.86. The van der Waals surface area contributed by atoms with Crippen molar-refractivity contribution in [1.82, 2.24) is 9.80 Å². The van der Waals surface area contributed by atoms with E-state index in [9.17, 15) is 34.8 Å². The summed E-state index contributed by atoms with van der Waals surface area (Å²) in [4.78, 5) is 42.4. The maximum Gasteiger partial charge on any atom is 0.331 e. The summed E-state index contributed by atoms with van der Waals surface area (Å²) in [5.74, 6) is -5.25. The molecule has 0 aromatic heterocycles. The number of carboxylic acid groups (broad SMARTS) is 1. The second-order valence-electron chi connectivity index (χ2n) is 18.2. The van der Waals surface area contributed by atoms with Gasteiger partial charge in [-0.1, -0.05) is 20.8 Å². The van der Waals surface area contributed by atoms with Crippen LogP contribution in [0.15, 0.2) is 12.2 Å². The SMILES string of the molecule is CC[C@H]1OC(=O)[C@H](C)[C@@H](O[C@H]2C[C@@](C)(OC)[C@@H](O)[C@H](C)O2)[C@H](C)[C@@H](O[C@@H]2O[C@H](C)CC(N(C)C)[C@H]2OC(=O)/C=C\C(=O)O)[C@](C)(O)C[C@@H](C)CN(C)[C@H](C)[C@@H](O)[C@]1(C)O. The summed E-state index contributed by atoms with van der Waals surface area (Å²) in [5, 5.41) is 56.2. The standard InChI is InChI=1S/C42H74N2O15/c1-15-29-42(10,52)35(48)26(6)44(13)21-22(2)19-40(8,51)37(59-39-34(57-31(47)17-16-30(45)46)28(43(11)12)18-23(3)54-39)24(4)33(25(5)38(50)56-29)58-32-20-41(9,53-14)36(49)27(7)55-32/h16-17,22-29,32-37,39,48-49,51-52H,15,18-21H2,1-14H3,(H,45,46)/b17-16-/t22-,23-,24+,25-,26-,27+,28?,29-,32+,33+,34-,35-,36+,37-,39+,40-,41-,42-/m1/s1. The van der Waals surface area contributed by atoms with Crippen molar-refractivity contribution in [2.24, 2.45) is 17.8 Å². The molecule has 0 aromatic rings. The zero-order valence-corrected chi connectivity index (χ0v) is 37.6. The van der Waals surface area contributed by atoms with Crippen LogP contribution in [0.1, 0.15) is 94.9 Å². The number of aliphatic carboxylic acids is 1. The average molecular weight is 847 g/mol. The number of rotatable bonds is 10. The Morgan fingerprint density at radius 1 is 0.949 bits per heavy atom. The van der Waals surface area contributed by atoms with Crippen molar-refractivity contribution in [3.05, 3.63) is 12.2 Å². The van der Waals surface area contributed by atoms with Gasteiger partial charge < -0.3 is 68.5 Å². The molecule has 0 aromatic carbocycles. The van der Waals surface area contributed by atoms with E-state index in [2.05, 4.69) is 0 Å². The van der Waals surface area contributed by atoms with Gasteiger partial charge in [-0.15, -0.1) is 0 Å². The Hall–Kier alpha value is -2.29. The number of hydrogen-bond donors (Lipinski definition) is 5. The third kappa shape index (κ3) is 12.4. The molecule has 3 saturated heterocycles. The van der Waals surface area contributed by atoms with E-state index in [0.29, 0.717) is 19.0 Å². The second-order valence-corrected chi connectivity index (χ2v) is 18.2. The van der Waals surface area contributed by atoms with Gasteiger partial charge in [0.15, 0.2) is 18.7 Å². The Morgan fingerprint density at radius 3 is 2.14 bits per heavy atom. The first-order valence-corrected chi connectivity index (χ1v) is 20.9. The first-order valence-electron chi connectivity index (χ1n) is 20.9. The number of aliphatic hydroxyl groups is 4. The van der Waals surface area contributed by atoms with Gasteiger partial charge in [-0.2, -0.15) is 0 Å². The molecule has 1 unspecified atom stereocenters. The smallest absolute Gasteiger partial charge is 0.331 e. The fraction of sp³-hybridized carbons (Fsp3) is 0.881. The van der Waals surface area contributed by atoms with Gasteiger partial charge in [-0.05, 0) is 94.8 Å². The van der Waals surface area contributed by atoms with Gasteiger partial charge in [0, 0.05) is 44.2 Å². The zero-order valence-electron chi connectivity index (χ0n) is 37.6.